The van der Waals surface area contributed by atoms with Gasteiger partial charge in [0.2, 0.25) is 0 Å². The molecule has 0 aliphatic heterocycles. The highest BCUT2D eigenvalue weighted by Gasteiger charge is 2.09. The molecule has 0 saturated heterocycles. The highest BCUT2D eigenvalue weighted by Crippen LogP contribution is 2.21. The van der Waals surface area contributed by atoms with Gasteiger partial charge >= 0.3 is 5.97 Å². The summed E-state index contributed by atoms with van der Waals surface area (Å²) in [6, 6.07) is 13.6. The van der Waals surface area contributed by atoms with E-state index >= 15 is 0 Å². The minimum atomic E-state index is -0.330. The van der Waals surface area contributed by atoms with Gasteiger partial charge in [-0.05, 0) is 35.7 Å². The summed E-state index contributed by atoms with van der Waals surface area (Å²) in [5, 5.41) is 2.19. The number of ether oxygens (including phenoxy) is 1. The number of esters is 1. The fraction of sp³-hybridized carbons (Fsp3) is 0.235. The van der Waals surface area contributed by atoms with E-state index in [1.807, 2.05) is 42.5 Å². The molecule has 98 valence electrons. The Morgan fingerprint density at radius 1 is 1.16 bits per heavy atom. The Balaban J connectivity index is 2.08. The first-order valence-electron chi connectivity index (χ1n) is 6.59. The number of unbranched alkanes of at least 4 members (excludes halogenated alkanes) is 1. The fourth-order valence-electron chi connectivity index (χ4n) is 1.90. The highest BCUT2D eigenvalue weighted by molar-refractivity contribution is 5.90. The molecule has 0 amide bonds. The van der Waals surface area contributed by atoms with Crippen LogP contribution >= 0.6 is 0 Å². The molecule has 0 aromatic heterocycles. The van der Waals surface area contributed by atoms with Gasteiger partial charge in [-0.2, -0.15) is 0 Å². The topological polar surface area (TPSA) is 26.3 Å². The maximum Gasteiger partial charge on any atom is 0.338 e. The molecule has 0 aliphatic rings. The number of hydrogen-bond donors (Lipinski definition) is 0. The zero-order valence-electron chi connectivity index (χ0n) is 11.2. The molecule has 0 radical (unpaired) electrons. The first-order valence-corrected chi connectivity index (χ1v) is 6.59. The van der Waals surface area contributed by atoms with Crippen molar-refractivity contribution in [3.8, 4) is 5.75 Å². The van der Waals surface area contributed by atoms with Crippen LogP contribution in [0.3, 0.4) is 0 Å². The molecule has 0 spiro atoms. The molecule has 2 rings (SSSR count). The second-order valence-electron chi connectivity index (χ2n) is 4.61. The third kappa shape index (κ3) is 3.44. The Kier molecular flexibility index (Phi) is 4.35. The van der Waals surface area contributed by atoms with Crippen molar-refractivity contribution in [3.05, 3.63) is 54.6 Å². The van der Waals surface area contributed by atoms with Gasteiger partial charge in [0.1, 0.15) is 5.75 Å². The summed E-state index contributed by atoms with van der Waals surface area (Å²) in [6.45, 7) is 5.86. The molecule has 0 saturated carbocycles. The number of fused-ring (bicyclic) bond motifs is 1. The zero-order valence-corrected chi connectivity index (χ0v) is 11.2. The lowest BCUT2D eigenvalue weighted by molar-refractivity contribution is -0.130. The average Bonchev–Trinajstić information content (AvgIpc) is 2.44. The van der Waals surface area contributed by atoms with Crippen molar-refractivity contribution in [2.45, 2.75) is 26.2 Å². The van der Waals surface area contributed by atoms with Crippen LogP contribution in [-0.2, 0) is 4.79 Å². The third-order valence-corrected chi connectivity index (χ3v) is 3.05. The first-order chi connectivity index (χ1) is 9.20. The van der Waals surface area contributed by atoms with E-state index in [0.717, 1.165) is 23.6 Å². The maximum atomic E-state index is 11.8. The van der Waals surface area contributed by atoms with Gasteiger partial charge in [0.25, 0.3) is 0 Å². The normalized spacial score (nSPS) is 10.4. The first kappa shape index (κ1) is 13.3. The van der Waals surface area contributed by atoms with E-state index in [-0.39, 0.29) is 5.97 Å². The summed E-state index contributed by atoms with van der Waals surface area (Å²) in [6.07, 6.45) is 2.71. The number of carbonyl (C=O) groups excluding carboxylic acids is 1. The fourth-order valence-corrected chi connectivity index (χ4v) is 1.90. The standard InChI is InChI=1S/C17H18O2/c1-3-4-7-13(2)17(18)19-16-11-10-14-8-5-6-9-15(14)12-16/h5-6,8-12H,2-4,7H2,1H3. The van der Waals surface area contributed by atoms with Crippen LogP contribution < -0.4 is 4.74 Å². The molecule has 0 aliphatic carbocycles. The van der Waals surface area contributed by atoms with Crippen molar-refractivity contribution in [2.75, 3.05) is 0 Å². The lowest BCUT2D eigenvalue weighted by Crippen LogP contribution is -2.10. The number of rotatable bonds is 5. The minimum absolute atomic E-state index is 0.330. The predicted octanol–water partition coefficient (Wildman–Crippen LogP) is 4.49. The summed E-state index contributed by atoms with van der Waals surface area (Å²) in [7, 11) is 0. The van der Waals surface area contributed by atoms with Gasteiger partial charge in [0, 0.05) is 5.57 Å². The zero-order chi connectivity index (χ0) is 13.7. The van der Waals surface area contributed by atoms with Crippen LogP contribution in [0.5, 0.6) is 5.75 Å². The Bertz CT molecular complexity index is 599. The van der Waals surface area contributed by atoms with Crippen molar-refractivity contribution in [1.29, 1.82) is 0 Å². The van der Waals surface area contributed by atoms with Crippen molar-refractivity contribution in [3.63, 3.8) is 0 Å². The summed E-state index contributed by atoms with van der Waals surface area (Å²) < 4.78 is 5.34. The minimum Gasteiger partial charge on any atom is -0.423 e. The molecule has 0 unspecified atom stereocenters. The second kappa shape index (κ2) is 6.19. The maximum absolute atomic E-state index is 11.8. The Hall–Kier alpha value is -2.09. The summed E-state index contributed by atoms with van der Waals surface area (Å²) in [5.74, 6) is 0.241. The molecule has 19 heavy (non-hydrogen) atoms. The molecular formula is C17H18O2. The van der Waals surface area contributed by atoms with Gasteiger partial charge in [0.15, 0.2) is 0 Å². The number of hydrogen-bond acceptors (Lipinski definition) is 2. The average molecular weight is 254 g/mol. The van der Waals surface area contributed by atoms with E-state index in [4.69, 9.17) is 4.74 Å². The second-order valence-corrected chi connectivity index (χ2v) is 4.61. The quantitative estimate of drug-likeness (QED) is 0.446. The van der Waals surface area contributed by atoms with Crippen LogP contribution in [-0.4, -0.2) is 5.97 Å². The number of benzene rings is 2. The number of carbonyl (C=O) groups is 1. The van der Waals surface area contributed by atoms with Crippen molar-refractivity contribution < 1.29 is 9.53 Å². The van der Waals surface area contributed by atoms with Crippen LogP contribution in [0.1, 0.15) is 26.2 Å². The van der Waals surface area contributed by atoms with Crippen LogP contribution in [0, 0.1) is 0 Å². The smallest absolute Gasteiger partial charge is 0.338 e. The van der Waals surface area contributed by atoms with E-state index in [9.17, 15) is 4.79 Å². The Morgan fingerprint density at radius 3 is 2.63 bits per heavy atom. The van der Waals surface area contributed by atoms with E-state index in [2.05, 4.69) is 13.5 Å². The molecule has 2 heteroatoms. The largest absolute Gasteiger partial charge is 0.423 e. The Morgan fingerprint density at radius 2 is 1.89 bits per heavy atom. The molecule has 0 bridgehead atoms. The van der Waals surface area contributed by atoms with Gasteiger partial charge in [-0.25, -0.2) is 4.79 Å². The molecule has 2 aromatic carbocycles. The summed E-state index contributed by atoms with van der Waals surface area (Å²) in [4.78, 5) is 11.8. The molecule has 2 aromatic rings. The van der Waals surface area contributed by atoms with Crippen LogP contribution in [0.2, 0.25) is 0 Å². The monoisotopic (exact) mass is 254 g/mol. The predicted molar refractivity (Wildman–Crippen MR) is 78.2 cm³/mol. The van der Waals surface area contributed by atoms with Gasteiger partial charge in [0.05, 0.1) is 0 Å². The van der Waals surface area contributed by atoms with Gasteiger partial charge < -0.3 is 4.74 Å². The van der Waals surface area contributed by atoms with E-state index < -0.39 is 0 Å². The lowest BCUT2D eigenvalue weighted by Gasteiger charge is -2.07. The molecule has 0 N–H and O–H groups in total. The van der Waals surface area contributed by atoms with Crippen molar-refractivity contribution in [1.82, 2.24) is 0 Å². The highest BCUT2D eigenvalue weighted by atomic mass is 16.5. The van der Waals surface area contributed by atoms with Gasteiger partial charge in [-0.1, -0.05) is 50.3 Å². The van der Waals surface area contributed by atoms with Crippen molar-refractivity contribution >= 4 is 16.7 Å². The molecule has 2 nitrogen and oxygen atoms in total. The molecule has 0 heterocycles. The Labute approximate surface area is 113 Å². The lowest BCUT2D eigenvalue weighted by atomic mass is 10.1. The van der Waals surface area contributed by atoms with E-state index in [1.54, 1.807) is 0 Å². The van der Waals surface area contributed by atoms with E-state index in [0.29, 0.717) is 17.7 Å². The van der Waals surface area contributed by atoms with E-state index in [1.165, 1.54) is 0 Å². The molecular weight excluding hydrogens is 236 g/mol. The molecule has 0 fully saturated rings. The van der Waals surface area contributed by atoms with Gasteiger partial charge in [-0.3, -0.25) is 0 Å². The summed E-state index contributed by atoms with van der Waals surface area (Å²) >= 11 is 0. The summed E-state index contributed by atoms with van der Waals surface area (Å²) in [5.41, 5.74) is 0.537. The SMILES string of the molecule is C=C(CCCC)C(=O)Oc1ccc2ccccc2c1. The van der Waals surface area contributed by atoms with Gasteiger partial charge in [-0.15, -0.1) is 0 Å². The van der Waals surface area contributed by atoms with Crippen LogP contribution in [0.4, 0.5) is 0 Å². The van der Waals surface area contributed by atoms with Crippen LogP contribution in [0.15, 0.2) is 54.6 Å². The van der Waals surface area contributed by atoms with Crippen molar-refractivity contribution in [2.24, 2.45) is 0 Å². The molecule has 0 atom stereocenters. The third-order valence-electron chi connectivity index (χ3n) is 3.05. The van der Waals surface area contributed by atoms with Crippen LogP contribution in [0.25, 0.3) is 10.8 Å².